The summed E-state index contributed by atoms with van der Waals surface area (Å²) in [6.07, 6.45) is 0. The van der Waals surface area contributed by atoms with Gasteiger partial charge < -0.3 is 11.1 Å². The first-order valence-corrected chi connectivity index (χ1v) is 12.8. The molecule has 3 N–H and O–H groups in total. The van der Waals surface area contributed by atoms with Crippen LogP contribution in [0.5, 0.6) is 0 Å². The minimum atomic E-state index is -4.06. The Hall–Kier alpha value is -3.01. The number of hydrogen-bond acceptors (Lipinski definition) is 6. The van der Waals surface area contributed by atoms with Crippen molar-refractivity contribution in [2.75, 3.05) is 11.1 Å². The van der Waals surface area contributed by atoms with Gasteiger partial charge in [0.15, 0.2) is 0 Å². The van der Waals surface area contributed by atoms with E-state index in [0.717, 1.165) is 21.4 Å². The predicted octanol–water partition coefficient (Wildman–Crippen LogP) is 6.35. The van der Waals surface area contributed by atoms with Crippen LogP contribution in [0.1, 0.15) is 20.8 Å². The van der Waals surface area contributed by atoms with Gasteiger partial charge in [0.05, 0.1) is 10.6 Å². The molecule has 4 rings (SSSR count). The molecule has 0 atom stereocenters. The van der Waals surface area contributed by atoms with Gasteiger partial charge in [-0.05, 0) is 67.1 Å². The Balaban J connectivity index is 1.89. The minimum absolute atomic E-state index is 0.0452. The van der Waals surface area contributed by atoms with Gasteiger partial charge in [0.2, 0.25) is 15.6 Å². The molecule has 0 fully saturated rings. The van der Waals surface area contributed by atoms with Crippen LogP contribution in [0.2, 0.25) is 0 Å². The molecule has 0 saturated carbocycles. The number of anilines is 3. The minimum Gasteiger partial charge on any atom is -0.396 e. The summed E-state index contributed by atoms with van der Waals surface area (Å²) in [6, 6.07) is 18.6. The second-order valence-corrected chi connectivity index (χ2v) is 11.1. The number of nitrogens with two attached hydrogens (primary N) is 1. The number of aryl methyl sites for hydroxylation is 1. The number of nitrogens with one attached hydrogen (secondary N) is 1. The van der Waals surface area contributed by atoms with Gasteiger partial charge in [0.1, 0.15) is 20.6 Å². The number of ketones is 1. The van der Waals surface area contributed by atoms with Crippen LogP contribution in [0, 0.1) is 12.7 Å². The maximum atomic E-state index is 13.6. The maximum Gasteiger partial charge on any atom is 0.211 e. The number of halogens is 2. The number of hydrogen-bond donors (Lipinski definition) is 2. The van der Waals surface area contributed by atoms with Crippen LogP contribution in [0.15, 0.2) is 87.1 Å². The molecule has 168 valence electrons. The lowest BCUT2D eigenvalue weighted by Gasteiger charge is -2.11. The molecule has 3 aromatic carbocycles. The second kappa shape index (κ2) is 9.09. The molecule has 33 heavy (non-hydrogen) atoms. The highest BCUT2D eigenvalue weighted by molar-refractivity contribution is 9.10. The topological polar surface area (TPSA) is 89.3 Å². The third-order valence-corrected chi connectivity index (χ3v) is 8.63. The first-order valence-electron chi connectivity index (χ1n) is 9.74. The van der Waals surface area contributed by atoms with Crippen LogP contribution in [-0.4, -0.2) is 14.2 Å². The number of benzene rings is 3. The van der Waals surface area contributed by atoms with E-state index in [9.17, 15) is 17.6 Å². The van der Waals surface area contributed by atoms with Gasteiger partial charge in [0, 0.05) is 15.7 Å². The monoisotopic (exact) mass is 544 g/mol. The number of carbonyl (C=O) groups excluding carboxylic acids is 1. The van der Waals surface area contributed by atoms with Gasteiger partial charge in [-0.15, -0.1) is 11.3 Å². The van der Waals surface area contributed by atoms with Gasteiger partial charge in [-0.25, -0.2) is 12.8 Å². The van der Waals surface area contributed by atoms with E-state index >= 15 is 0 Å². The van der Waals surface area contributed by atoms with Crippen molar-refractivity contribution >= 4 is 59.3 Å². The van der Waals surface area contributed by atoms with Crippen LogP contribution >= 0.6 is 27.3 Å². The highest BCUT2D eigenvalue weighted by Crippen LogP contribution is 2.44. The number of nitrogen functional groups attached to an aromatic ring is 1. The fourth-order valence-electron chi connectivity index (χ4n) is 3.25. The molecule has 0 saturated heterocycles. The van der Waals surface area contributed by atoms with E-state index in [0.29, 0.717) is 5.69 Å². The van der Waals surface area contributed by atoms with E-state index in [-0.39, 0.29) is 30.9 Å². The van der Waals surface area contributed by atoms with E-state index in [4.69, 9.17) is 5.73 Å². The average molecular weight is 545 g/mol. The van der Waals surface area contributed by atoms with Crippen molar-refractivity contribution in [3.63, 3.8) is 0 Å². The Morgan fingerprint density at radius 2 is 1.64 bits per heavy atom. The van der Waals surface area contributed by atoms with Crippen LogP contribution < -0.4 is 11.1 Å². The van der Waals surface area contributed by atoms with Crippen LogP contribution in [-0.2, 0) is 9.84 Å². The third-order valence-electron chi connectivity index (χ3n) is 5.00. The van der Waals surface area contributed by atoms with Gasteiger partial charge in [-0.1, -0.05) is 34.1 Å². The Labute approximate surface area is 203 Å². The number of thiophene rings is 1. The molecule has 0 radical (unpaired) electrons. The molecule has 4 aromatic rings. The van der Waals surface area contributed by atoms with Crippen molar-refractivity contribution in [1.82, 2.24) is 0 Å². The van der Waals surface area contributed by atoms with Crippen molar-refractivity contribution in [2.45, 2.75) is 16.7 Å². The van der Waals surface area contributed by atoms with Gasteiger partial charge >= 0.3 is 0 Å². The molecule has 0 amide bonds. The number of para-hydroxylation sites is 1. The van der Waals surface area contributed by atoms with E-state index in [1.54, 1.807) is 12.1 Å². The van der Waals surface area contributed by atoms with Crippen molar-refractivity contribution in [1.29, 1.82) is 0 Å². The molecule has 0 aliphatic rings. The predicted molar refractivity (Wildman–Crippen MR) is 133 cm³/mol. The lowest BCUT2D eigenvalue weighted by molar-refractivity contribution is 0.104. The van der Waals surface area contributed by atoms with Gasteiger partial charge in [0.25, 0.3) is 0 Å². The van der Waals surface area contributed by atoms with Crippen LogP contribution in [0.3, 0.4) is 0 Å². The highest BCUT2D eigenvalue weighted by Gasteiger charge is 2.31. The summed E-state index contributed by atoms with van der Waals surface area (Å²) in [5, 5.41) is 3.37. The first kappa shape index (κ1) is 23.2. The third kappa shape index (κ3) is 4.57. The number of rotatable bonds is 6. The van der Waals surface area contributed by atoms with Crippen molar-refractivity contribution in [2.24, 2.45) is 0 Å². The molecule has 1 heterocycles. The summed E-state index contributed by atoms with van der Waals surface area (Å²) in [5.74, 6) is -0.964. The SMILES string of the molecule is Cc1ccccc1Nc1sc(C(=O)c2ccc(F)cc2)c(N)c1S(=O)(=O)c1ccc(Br)cc1. The Bertz CT molecular complexity index is 1450. The molecular weight excluding hydrogens is 527 g/mol. The summed E-state index contributed by atoms with van der Waals surface area (Å²) >= 11 is 4.26. The van der Waals surface area contributed by atoms with E-state index in [1.807, 2.05) is 31.2 Å². The van der Waals surface area contributed by atoms with Gasteiger partial charge in [-0.3, -0.25) is 4.79 Å². The van der Waals surface area contributed by atoms with Crippen LogP contribution in [0.4, 0.5) is 20.8 Å². The molecular formula is C24H18BrFN2O3S2. The standard InChI is InChI=1S/C24H18BrFN2O3S2/c1-14-4-2-3-5-19(14)28-24-23(33(30,31)18-12-8-16(25)9-13-18)20(27)22(32-24)21(29)15-6-10-17(26)11-7-15/h2-13,28H,27H2,1H3. The molecule has 0 aliphatic heterocycles. The van der Waals surface area contributed by atoms with Crippen molar-refractivity contribution in [3.8, 4) is 0 Å². The first-order chi connectivity index (χ1) is 15.7. The second-order valence-electron chi connectivity index (χ2n) is 7.24. The summed E-state index contributed by atoms with van der Waals surface area (Å²) in [5.41, 5.74) is 7.95. The van der Waals surface area contributed by atoms with Gasteiger partial charge in [-0.2, -0.15) is 0 Å². The van der Waals surface area contributed by atoms with Crippen molar-refractivity contribution < 1.29 is 17.6 Å². The largest absolute Gasteiger partial charge is 0.396 e. The van der Waals surface area contributed by atoms with E-state index in [2.05, 4.69) is 21.2 Å². The molecule has 9 heteroatoms. The molecule has 1 aromatic heterocycles. The molecule has 0 spiro atoms. The normalized spacial score (nSPS) is 11.4. The summed E-state index contributed by atoms with van der Waals surface area (Å²) < 4.78 is 41.2. The zero-order chi connectivity index (χ0) is 23.8. The molecule has 5 nitrogen and oxygen atoms in total. The number of sulfone groups is 1. The molecule has 0 bridgehead atoms. The molecule has 0 unspecified atom stereocenters. The zero-order valence-corrected chi connectivity index (χ0v) is 20.5. The Morgan fingerprint density at radius 1 is 1.00 bits per heavy atom. The molecule has 0 aliphatic carbocycles. The average Bonchev–Trinajstić information content (AvgIpc) is 3.12. The Kier molecular flexibility index (Phi) is 6.38. The van der Waals surface area contributed by atoms with Crippen molar-refractivity contribution in [3.05, 3.63) is 99.1 Å². The lowest BCUT2D eigenvalue weighted by Crippen LogP contribution is -2.08. The number of carbonyl (C=O) groups is 1. The van der Waals surface area contributed by atoms with E-state index in [1.165, 1.54) is 36.4 Å². The van der Waals surface area contributed by atoms with Crippen LogP contribution in [0.25, 0.3) is 0 Å². The smallest absolute Gasteiger partial charge is 0.211 e. The highest BCUT2D eigenvalue weighted by atomic mass is 79.9. The quantitative estimate of drug-likeness (QED) is 0.276. The Morgan fingerprint density at radius 3 is 2.27 bits per heavy atom. The summed E-state index contributed by atoms with van der Waals surface area (Å²) in [4.78, 5) is 13.1. The summed E-state index contributed by atoms with van der Waals surface area (Å²) in [6.45, 7) is 1.88. The lowest BCUT2D eigenvalue weighted by atomic mass is 10.1. The fraction of sp³-hybridized carbons (Fsp3) is 0.0417. The maximum absolute atomic E-state index is 13.6. The van der Waals surface area contributed by atoms with E-state index < -0.39 is 21.4 Å². The summed E-state index contributed by atoms with van der Waals surface area (Å²) in [7, 11) is -4.06. The zero-order valence-electron chi connectivity index (χ0n) is 17.3. The fourth-order valence-corrected chi connectivity index (χ4v) is 6.44.